The smallest absolute Gasteiger partial charge is 0.239 e. The lowest BCUT2D eigenvalue weighted by atomic mass is 9.98. The Morgan fingerprint density at radius 1 is 0.676 bits per heavy atom. The molecule has 6 aromatic rings. The Hall–Kier alpha value is -4.67. The number of fused-ring (bicyclic) bond motifs is 2. The summed E-state index contributed by atoms with van der Waals surface area (Å²) in [6.07, 6.45) is 7.23. The quantitative estimate of drug-likeness (QED) is 0.175. The Bertz CT molecular complexity index is 1810. The van der Waals surface area contributed by atoms with Crippen LogP contribution >= 0.6 is 11.6 Å². The van der Waals surface area contributed by atoms with Crippen LogP contribution in [-0.4, -0.2) is 6.21 Å². The highest BCUT2D eigenvalue weighted by Gasteiger charge is 2.14. The van der Waals surface area contributed by atoms with Crippen molar-refractivity contribution < 1.29 is 8.83 Å². The number of benzene rings is 4. The fourth-order valence-corrected chi connectivity index (χ4v) is 4.43. The highest BCUT2D eigenvalue weighted by Crippen LogP contribution is 2.36. The van der Waals surface area contributed by atoms with Gasteiger partial charge in [0.25, 0.3) is 0 Å². The first kappa shape index (κ1) is 22.8. The van der Waals surface area contributed by atoms with E-state index in [-0.39, 0.29) is 0 Å². The molecule has 0 bridgehead atoms. The molecule has 5 heteroatoms. The van der Waals surface area contributed by atoms with Crippen LogP contribution in [0.3, 0.4) is 0 Å². The third-order valence-corrected chi connectivity index (χ3v) is 6.34. The van der Waals surface area contributed by atoms with Gasteiger partial charge < -0.3 is 8.83 Å². The third-order valence-electron chi connectivity index (χ3n) is 6.09. The van der Waals surface area contributed by atoms with Gasteiger partial charge in [0, 0.05) is 39.7 Å². The van der Waals surface area contributed by atoms with Crippen LogP contribution in [0.25, 0.3) is 50.3 Å². The standard InChI is InChI=1S/C32H21ClN2O2/c33-25-15-13-24(14-16-25)29-21-36-30-20-31-27(18-28(29)30)26(23-11-5-2-6-12-23)19-32(37-31)35-34-17-7-10-22-8-3-1-4-9-22/h1-21H/b10-7+,34-17-,35-32+. The van der Waals surface area contributed by atoms with Gasteiger partial charge in [-0.3, -0.25) is 0 Å². The molecule has 0 amide bonds. The van der Waals surface area contributed by atoms with Gasteiger partial charge in [-0.1, -0.05) is 90.5 Å². The Kier molecular flexibility index (Phi) is 6.24. The maximum Gasteiger partial charge on any atom is 0.239 e. The fraction of sp³-hybridized carbons (Fsp3) is 0. The number of allylic oxidation sites excluding steroid dienone is 1. The van der Waals surface area contributed by atoms with Crippen LogP contribution in [0.1, 0.15) is 5.56 Å². The third kappa shape index (κ3) is 4.88. The molecule has 178 valence electrons. The summed E-state index contributed by atoms with van der Waals surface area (Å²) in [4.78, 5) is 0. The molecule has 0 unspecified atom stereocenters. The topological polar surface area (TPSA) is 51.0 Å². The first-order valence-corrected chi connectivity index (χ1v) is 12.2. The van der Waals surface area contributed by atoms with E-state index in [1.807, 2.05) is 97.1 Å². The van der Waals surface area contributed by atoms with E-state index in [4.69, 9.17) is 20.4 Å². The van der Waals surface area contributed by atoms with Crippen LogP contribution in [0.2, 0.25) is 5.02 Å². The average molecular weight is 501 g/mol. The molecule has 4 aromatic carbocycles. The molecule has 0 saturated carbocycles. The van der Waals surface area contributed by atoms with E-state index in [0.29, 0.717) is 16.2 Å². The zero-order valence-corrected chi connectivity index (χ0v) is 20.5. The highest BCUT2D eigenvalue weighted by atomic mass is 35.5. The monoisotopic (exact) mass is 500 g/mol. The van der Waals surface area contributed by atoms with Crippen molar-refractivity contribution in [3.63, 3.8) is 0 Å². The lowest BCUT2D eigenvalue weighted by molar-refractivity contribution is 0.537. The van der Waals surface area contributed by atoms with E-state index < -0.39 is 0 Å². The van der Waals surface area contributed by atoms with Crippen LogP contribution < -0.4 is 5.55 Å². The molecule has 37 heavy (non-hydrogen) atoms. The van der Waals surface area contributed by atoms with Crippen LogP contribution in [0, 0.1) is 0 Å². The molecule has 0 aliphatic carbocycles. The normalized spacial score (nSPS) is 12.4. The molecule has 6 rings (SSSR count). The molecule has 0 atom stereocenters. The Labute approximate surface area is 218 Å². The Morgan fingerprint density at radius 2 is 1.38 bits per heavy atom. The average Bonchev–Trinajstić information content (AvgIpc) is 3.35. The lowest BCUT2D eigenvalue weighted by Gasteiger charge is -2.07. The van der Waals surface area contributed by atoms with E-state index in [2.05, 4.69) is 28.4 Å². The van der Waals surface area contributed by atoms with Gasteiger partial charge in [0.2, 0.25) is 5.55 Å². The van der Waals surface area contributed by atoms with Crippen LogP contribution in [0.15, 0.2) is 135 Å². The maximum atomic E-state index is 6.15. The second kappa shape index (κ2) is 10.1. The minimum Gasteiger partial charge on any atom is -0.464 e. The van der Waals surface area contributed by atoms with Crippen molar-refractivity contribution in [1.29, 1.82) is 0 Å². The summed E-state index contributed by atoms with van der Waals surface area (Å²) in [7, 11) is 0. The van der Waals surface area contributed by atoms with E-state index in [1.165, 1.54) is 0 Å². The molecular formula is C32H21ClN2O2. The largest absolute Gasteiger partial charge is 0.464 e. The van der Waals surface area contributed by atoms with E-state index in [9.17, 15) is 0 Å². The van der Waals surface area contributed by atoms with Crippen molar-refractivity contribution in [3.05, 3.63) is 132 Å². The highest BCUT2D eigenvalue weighted by molar-refractivity contribution is 6.30. The van der Waals surface area contributed by atoms with Gasteiger partial charge in [-0.05, 0) is 46.5 Å². The summed E-state index contributed by atoms with van der Waals surface area (Å²) in [5.74, 6) is 0. The van der Waals surface area contributed by atoms with Crippen molar-refractivity contribution in [1.82, 2.24) is 0 Å². The van der Waals surface area contributed by atoms with Crippen molar-refractivity contribution >= 4 is 45.8 Å². The fourth-order valence-electron chi connectivity index (χ4n) is 4.30. The second-order valence-electron chi connectivity index (χ2n) is 8.50. The number of furan rings is 1. The van der Waals surface area contributed by atoms with Crippen molar-refractivity contribution in [3.8, 4) is 22.3 Å². The van der Waals surface area contributed by atoms with Crippen molar-refractivity contribution in [2.24, 2.45) is 10.2 Å². The summed E-state index contributed by atoms with van der Waals surface area (Å²) >= 11 is 6.10. The SMILES string of the molecule is Clc1ccc(-c2coc3cc4o/c(=N/N=C\C=C\c5ccccc5)cc(-c5ccccc5)c4cc23)cc1. The molecule has 2 aromatic heterocycles. The predicted molar refractivity (Wildman–Crippen MR) is 151 cm³/mol. The minimum absolute atomic E-state index is 0.402. The second-order valence-corrected chi connectivity index (χ2v) is 8.94. The van der Waals surface area contributed by atoms with Crippen molar-refractivity contribution in [2.75, 3.05) is 0 Å². The molecule has 0 fully saturated rings. The van der Waals surface area contributed by atoms with Gasteiger partial charge in [-0.15, -0.1) is 5.10 Å². The summed E-state index contributed by atoms with van der Waals surface area (Å²) < 4.78 is 12.1. The number of hydrogen-bond donors (Lipinski definition) is 0. The molecule has 0 N–H and O–H groups in total. The van der Waals surface area contributed by atoms with Crippen LogP contribution in [0.5, 0.6) is 0 Å². The van der Waals surface area contributed by atoms with Crippen molar-refractivity contribution in [2.45, 2.75) is 0 Å². The molecule has 0 spiro atoms. The summed E-state index contributed by atoms with van der Waals surface area (Å²) in [6, 6.07) is 33.9. The minimum atomic E-state index is 0.402. The summed E-state index contributed by atoms with van der Waals surface area (Å²) in [5.41, 5.74) is 6.98. The predicted octanol–water partition coefficient (Wildman–Crippen LogP) is 8.77. The molecule has 4 nitrogen and oxygen atoms in total. The number of hydrogen-bond acceptors (Lipinski definition) is 4. The summed E-state index contributed by atoms with van der Waals surface area (Å²) in [5, 5.41) is 11.2. The molecule has 0 radical (unpaired) electrons. The molecule has 2 heterocycles. The molecule has 0 aliphatic rings. The zero-order chi connectivity index (χ0) is 25.0. The van der Waals surface area contributed by atoms with Gasteiger partial charge in [0.05, 0.1) is 6.26 Å². The molecule has 0 saturated heterocycles. The van der Waals surface area contributed by atoms with Crippen LogP contribution in [0.4, 0.5) is 0 Å². The Balaban J connectivity index is 1.46. The maximum absolute atomic E-state index is 6.15. The van der Waals surface area contributed by atoms with Gasteiger partial charge >= 0.3 is 0 Å². The van der Waals surface area contributed by atoms with Gasteiger partial charge in [0.15, 0.2) is 0 Å². The van der Waals surface area contributed by atoms with Gasteiger partial charge in [0.1, 0.15) is 11.2 Å². The molecule has 0 aliphatic heterocycles. The number of rotatable bonds is 5. The first-order chi connectivity index (χ1) is 18.2. The van der Waals surface area contributed by atoms with Gasteiger partial charge in [-0.25, -0.2) is 0 Å². The number of halogens is 1. The first-order valence-electron chi connectivity index (χ1n) is 11.8. The molecular weight excluding hydrogens is 480 g/mol. The number of nitrogens with zero attached hydrogens (tertiary/aromatic N) is 2. The van der Waals surface area contributed by atoms with E-state index in [0.717, 1.165) is 44.2 Å². The zero-order valence-electron chi connectivity index (χ0n) is 19.7. The lowest BCUT2D eigenvalue weighted by Crippen LogP contribution is -2.01. The van der Waals surface area contributed by atoms with E-state index >= 15 is 0 Å². The van der Waals surface area contributed by atoms with Gasteiger partial charge in [-0.2, -0.15) is 5.10 Å². The van der Waals surface area contributed by atoms with E-state index in [1.54, 1.807) is 12.5 Å². The Morgan fingerprint density at radius 3 is 2.16 bits per heavy atom. The van der Waals surface area contributed by atoms with Crippen LogP contribution in [-0.2, 0) is 0 Å². The summed E-state index contributed by atoms with van der Waals surface area (Å²) in [6.45, 7) is 0.